The van der Waals surface area contributed by atoms with E-state index in [0.717, 1.165) is 26.1 Å². The Kier molecular flexibility index (Phi) is 5.14. The van der Waals surface area contributed by atoms with Crippen molar-refractivity contribution in [1.29, 1.82) is 0 Å². The molecule has 5 nitrogen and oxygen atoms in total. The largest absolute Gasteiger partial charge is 0.385 e. The zero-order valence-corrected chi connectivity index (χ0v) is 9.40. The maximum atomic E-state index is 11.4. The molecule has 0 amide bonds. The van der Waals surface area contributed by atoms with Gasteiger partial charge in [0.1, 0.15) is 0 Å². The van der Waals surface area contributed by atoms with Crippen molar-refractivity contribution in [2.75, 3.05) is 26.8 Å². The van der Waals surface area contributed by atoms with Crippen LogP contribution in [0.3, 0.4) is 0 Å². The van der Waals surface area contributed by atoms with Crippen LogP contribution in [0.25, 0.3) is 0 Å². The van der Waals surface area contributed by atoms with Crippen LogP contribution in [0.15, 0.2) is 17.2 Å². The number of rotatable bonds is 7. The number of imidazole rings is 1. The Hall–Kier alpha value is -1.07. The van der Waals surface area contributed by atoms with Gasteiger partial charge in [0, 0.05) is 46.2 Å². The van der Waals surface area contributed by atoms with Crippen molar-refractivity contribution in [3.8, 4) is 0 Å². The Labute approximate surface area is 89.7 Å². The van der Waals surface area contributed by atoms with Crippen LogP contribution in [0, 0.1) is 0 Å². The first-order valence-electron chi connectivity index (χ1n) is 5.17. The molecular weight excluding hydrogens is 194 g/mol. The quantitative estimate of drug-likeness (QED) is 0.639. The average molecular weight is 213 g/mol. The molecule has 0 radical (unpaired) electrons. The molecule has 0 atom stereocenters. The summed E-state index contributed by atoms with van der Waals surface area (Å²) in [6.45, 7) is 3.23. The molecule has 0 unspecified atom stereocenters. The summed E-state index contributed by atoms with van der Waals surface area (Å²) in [5.74, 6) is 0. The van der Waals surface area contributed by atoms with E-state index in [1.54, 1.807) is 35.7 Å². The van der Waals surface area contributed by atoms with Crippen LogP contribution in [0.5, 0.6) is 0 Å². The highest BCUT2D eigenvalue weighted by molar-refractivity contribution is 4.79. The third-order valence-electron chi connectivity index (χ3n) is 2.25. The van der Waals surface area contributed by atoms with Crippen LogP contribution in [-0.2, 0) is 18.3 Å². The molecule has 0 saturated carbocycles. The van der Waals surface area contributed by atoms with Crippen LogP contribution in [-0.4, -0.2) is 35.9 Å². The fourth-order valence-corrected chi connectivity index (χ4v) is 1.35. The van der Waals surface area contributed by atoms with Gasteiger partial charge in [0.05, 0.1) is 0 Å². The molecule has 1 aromatic rings. The van der Waals surface area contributed by atoms with E-state index in [9.17, 15) is 4.79 Å². The minimum Gasteiger partial charge on any atom is -0.385 e. The second kappa shape index (κ2) is 6.42. The van der Waals surface area contributed by atoms with E-state index in [1.807, 2.05) is 0 Å². The second-order valence-corrected chi connectivity index (χ2v) is 3.48. The molecule has 0 saturated heterocycles. The number of ether oxygens (including phenoxy) is 1. The predicted molar refractivity (Wildman–Crippen MR) is 59.0 cm³/mol. The van der Waals surface area contributed by atoms with Crippen LogP contribution >= 0.6 is 0 Å². The summed E-state index contributed by atoms with van der Waals surface area (Å²) in [7, 11) is 3.45. The van der Waals surface area contributed by atoms with E-state index in [0.29, 0.717) is 6.54 Å². The normalized spacial score (nSPS) is 10.8. The Morgan fingerprint density at radius 2 is 2.20 bits per heavy atom. The van der Waals surface area contributed by atoms with Crippen molar-refractivity contribution in [1.82, 2.24) is 14.5 Å². The number of nitrogens with zero attached hydrogens (tertiary/aromatic N) is 2. The monoisotopic (exact) mass is 213 g/mol. The molecule has 1 aromatic heterocycles. The van der Waals surface area contributed by atoms with Crippen molar-refractivity contribution >= 4 is 0 Å². The Morgan fingerprint density at radius 3 is 2.80 bits per heavy atom. The van der Waals surface area contributed by atoms with Crippen LogP contribution in [0.1, 0.15) is 6.42 Å². The zero-order chi connectivity index (χ0) is 11.1. The number of aryl methyl sites for hydroxylation is 1. The van der Waals surface area contributed by atoms with Crippen LogP contribution < -0.4 is 11.0 Å². The van der Waals surface area contributed by atoms with Gasteiger partial charge in [0.15, 0.2) is 0 Å². The van der Waals surface area contributed by atoms with Gasteiger partial charge in [0.25, 0.3) is 0 Å². The van der Waals surface area contributed by atoms with Gasteiger partial charge in [0.2, 0.25) is 0 Å². The number of hydrogen-bond acceptors (Lipinski definition) is 3. The van der Waals surface area contributed by atoms with E-state index < -0.39 is 0 Å². The van der Waals surface area contributed by atoms with E-state index >= 15 is 0 Å². The molecule has 0 fully saturated rings. The number of methoxy groups -OCH3 is 1. The lowest BCUT2D eigenvalue weighted by molar-refractivity contribution is 0.194. The van der Waals surface area contributed by atoms with Crippen LogP contribution in [0.2, 0.25) is 0 Å². The Bertz CT molecular complexity index is 330. The van der Waals surface area contributed by atoms with E-state index in [1.165, 1.54) is 0 Å². The molecule has 0 aliphatic rings. The summed E-state index contributed by atoms with van der Waals surface area (Å²) in [6, 6.07) is 0. The molecule has 86 valence electrons. The number of aromatic nitrogens is 2. The molecule has 0 bridgehead atoms. The Balaban J connectivity index is 2.15. The lowest BCUT2D eigenvalue weighted by atomic mass is 10.4. The second-order valence-electron chi connectivity index (χ2n) is 3.48. The van der Waals surface area contributed by atoms with Gasteiger partial charge in [-0.1, -0.05) is 0 Å². The molecule has 1 heterocycles. The molecule has 0 aromatic carbocycles. The minimum absolute atomic E-state index is 0.0358. The molecule has 0 aliphatic heterocycles. The van der Waals surface area contributed by atoms with Crippen molar-refractivity contribution in [3.05, 3.63) is 22.9 Å². The highest BCUT2D eigenvalue weighted by atomic mass is 16.5. The fourth-order valence-electron chi connectivity index (χ4n) is 1.35. The zero-order valence-electron chi connectivity index (χ0n) is 9.40. The summed E-state index contributed by atoms with van der Waals surface area (Å²) in [5.41, 5.74) is 0.0358. The van der Waals surface area contributed by atoms with Crippen molar-refractivity contribution in [2.45, 2.75) is 13.0 Å². The number of nitrogens with one attached hydrogen (secondary N) is 1. The van der Waals surface area contributed by atoms with Crippen molar-refractivity contribution in [3.63, 3.8) is 0 Å². The molecule has 5 heteroatoms. The average Bonchev–Trinajstić information content (AvgIpc) is 2.54. The van der Waals surface area contributed by atoms with Gasteiger partial charge >= 0.3 is 5.69 Å². The van der Waals surface area contributed by atoms with E-state index in [2.05, 4.69) is 5.32 Å². The molecule has 0 spiro atoms. The first-order chi connectivity index (χ1) is 7.25. The van der Waals surface area contributed by atoms with Gasteiger partial charge in [-0.2, -0.15) is 0 Å². The standard InChI is InChI=1S/C10H19N3O2/c1-12-7-8-13(10(12)14)6-5-11-4-3-9-15-2/h7-8,11H,3-6,9H2,1-2H3. The summed E-state index contributed by atoms with van der Waals surface area (Å²) in [5, 5.41) is 3.26. The first-order valence-corrected chi connectivity index (χ1v) is 5.17. The van der Waals surface area contributed by atoms with E-state index in [4.69, 9.17) is 4.74 Å². The van der Waals surface area contributed by atoms with Crippen molar-refractivity contribution < 1.29 is 4.74 Å². The molecule has 0 aliphatic carbocycles. The van der Waals surface area contributed by atoms with Gasteiger partial charge in [-0.25, -0.2) is 4.79 Å². The van der Waals surface area contributed by atoms with Gasteiger partial charge in [-0.05, 0) is 13.0 Å². The number of hydrogen-bond donors (Lipinski definition) is 1. The topological polar surface area (TPSA) is 48.2 Å². The third-order valence-corrected chi connectivity index (χ3v) is 2.25. The summed E-state index contributed by atoms with van der Waals surface area (Å²) in [4.78, 5) is 11.4. The van der Waals surface area contributed by atoms with E-state index in [-0.39, 0.29) is 5.69 Å². The lowest BCUT2D eigenvalue weighted by Crippen LogP contribution is -2.28. The van der Waals surface area contributed by atoms with Gasteiger partial charge in [-0.3, -0.25) is 4.57 Å². The molecule has 15 heavy (non-hydrogen) atoms. The van der Waals surface area contributed by atoms with Crippen LogP contribution in [0.4, 0.5) is 0 Å². The van der Waals surface area contributed by atoms with Gasteiger partial charge in [-0.15, -0.1) is 0 Å². The summed E-state index contributed by atoms with van der Waals surface area (Å²) < 4.78 is 8.20. The Morgan fingerprint density at radius 1 is 1.40 bits per heavy atom. The molecular formula is C10H19N3O2. The minimum atomic E-state index is 0.0358. The highest BCUT2D eigenvalue weighted by Crippen LogP contribution is 1.82. The maximum absolute atomic E-state index is 11.4. The predicted octanol–water partition coefficient (Wildman–Crippen LogP) is -0.187. The summed E-state index contributed by atoms with van der Waals surface area (Å²) in [6.07, 6.45) is 4.58. The molecule has 1 rings (SSSR count). The van der Waals surface area contributed by atoms with Gasteiger partial charge < -0.3 is 14.6 Å². The lowest BCUT2D eigenvalue weighted by Gasteiger charge is -2.04. The summed E-state index contributed by atoms with van der Waals surface area (Å²) >= 11 is 0. The first kappa shape index (κ1) is 12.0. The third kappa shape index (κ3) is 3.89. The molecule has 1 N–H and O–H groups in total. The maximum Gasteiger partial charge on any atom is 0.327 e. The SMILES string of the molecule is COCCCNCCn1ccn(C)c1=O. The fraction of sp³-hybridized carbons (Fsp3) is 0.700. The highest BCUT2D eigenvalue weighted by Gasteiger charge is 1.97. The smallest absolute Gasteiger partial charge is 0.327 e. The van der Waals surface area contributed by atoms with Crippen molar-refractivity contribution in [2.24, 2.45) is 7.05 Å².